The van der Waals surface area contributed by atoms with Crippen LogP contribution in [0.1, 0.15) is 6.42 Å². The van der Waals surface area contributed by atoms with Crippen molar-refractivity contribution in [3.63, 3.8) is 0 Å². The normalized spacial score (nSPS) is 19.3. The van der Waals surface area contributed by atoms with Gasteiger partial charge < -0.3 is 14.5 Å². The number of hydrogen-bond acceptors (Lipinski definition) is 4. The lowest BCUT2D eigenvalue weighted by atomic mass is 10.2. The summed E-state index contributed by atoms with van der Waals surface area (Å²) in [6, 6.07) is 7.30. The van der Waals surface area contributed by atoms with Crippen molar-refractivity contribution in [3.8, 4) is 5.75 Å². The zero-order chi connectivity index (χ0) is 12.5. The maximum atomic E-state index is 11.4. The van der Waals surface area contributed by atoms with Crippen LogP contribution in [-0.2, 0) is 0 Å². The van der Waals surface area contributed by atoms with Gasteiger partial charge >= 0.3 is 5.63 Å². The summed E-state index contributed by atoms with van der Waals surface area (Å²) in [6.45, 7) is 1.85. The van der Waals surface area contributed by atoms with Crippen LogP contribution in [-0.4, -0.2) is 19.2 Å². The highest BCUT2D eigenvalue weighted by Crippen LogP contribution is 2.23. The van der Waals surface area contributed by atoms with E-state index < -0.39 is 0 Å². The molecule has 5 heteroatoms. The highest BCUT2D eigenvalue weighted by atomic mass is 79.9. The Labute approximate surface area is 112 Å². The second-order valence-electron chi connectivity index (χ2n) is 4.31. The molecular formula is C13H12BrNO3. The quantitative estimate of drug-likeness (QED) is 0.865. The number of fused-ring (bicyclic) bond motifs is 1. The van der Waals surface area contributed by atoms with Crippen molar-refractivity contribution >= 4 is 26.9 Å². The van der Waals surface area contributed by atoms with E-state index in [0.29, 0.717) is 10.1 Å². The van der Waals surface area contributed by atoms with Crippen molar-refractivity contribution in [3.05, 3.63) is 39.2 Å². The highest BCUT2D eigenvalue weighted by Gasteiger charge is 2.16. The summed E-state index contributed by atoms with van der Waals surface area (Å²) in [5.41, 5.74) is 0.175. The summed E-state index contributed by atoms with van der Waals surface area (Å²) in [4.78, 5) is 11.4. The van der Waals surface area contributed by atoms with E-state index in [9.17, 15) is 4.79 Å². The monoisotopic (exact) mass is 309 g/mol. The summed E-state index contributed by atoms with van der Waals surface area (Å²) in [5.74, 6) is 0.738. The first-order chi connectivity index (χ1) is 8.72. The number of nitrogens with one attached hydrogen (secondary N) is 1. The molecule has 1 N–H and O–H groups in total. The highest BCUT2D eigenvalue weighted by molar-refractivity contribution is 9.10. The van der Waals surface area contributed by atoms with Crippen LogP contribution in [0.15, 0.2) is 37.9 Å². The Hall–Kier alpha value is -1.33. The van der Waals surface area contributed by atoms with Gasteiger partial charge in [-0.25, -0.2) is 4.79 Å². The molecule has 0 radical (unpaired) electrons. The zero-order valence-corrected chi connectivity index (χ0v) is 11.2. The van der Waals surface area contributed by atoms with Gasteiger partial charge in [0.15, 0.2) is 0 Å². The standard InChI is InChI=1S/C13H12BrNO3/c14-11-5-8-1-2-9(6-12(8)18-13(11)16)17-10-3-4-15-7-10/h1-2,5-6,10,15H,3-4,7H2. The summed E-state index contributed by atoms with van der Waals surface area (Å²) in [7, 11) is 0. The Morgan fingerprint density at radius 2 is 2.28 bits per heavy atom. The largest absolute Gasteiger partial charge is 0.489 e. The van der Waals surface area contributed by atoms with Crippen LogP contribution in [0.5, 0.6) is 5.75 Å². The minimum Gasteiger partial charge on any atom is -0.489 e. The molecule has 0 saturated carbocycles. The summed E-state index contributed by atoms with van der Waals surface area (Å²) < 4.78 is 11.5. The Kier molecular flexibility index (Phi) is 3.09. The maximum Gasteiger partial charge on any atom is 0.350 e. The molecule has 1 saturated heterocycles. The lowest BCUT2D eigenvalue weighted by molar-refractivity contribution is 0.223. The van der Waals surface area contributed by atoms with Crippen molar-refractivity contribution in [1.82, 2.24) is 5.32 Å². The Balaban J connectivity index is 1.94. The first kappa shape index (κ1) is 11.7. The van der Waals surface area contributed by atoms with Crippen LogP contribution in [0.2, 0.25) is 0 Å². The van der Waals surface area contributed by atoms with Gasteiger partial charge in [-0.1, -0.05) is 0 Å². The second-order valence-corrected chi connectivity index (χ2v) is 5.17. The molecule has 1 atom stereocenters. The van der Waals surface area contributed by atoms with E-state index in [1.165, 1.54) is 0 Å². The smallest absolute Gasteiger partial charge is 0.350 e. The van der Waals surface area contributed by atoms with Gasteiger partial charge in [-0.3, -0.25) is 0 Å². The number of hydrogen-bond donors (Lipinski definition) is 1. The molecule has 94 valence electrons. The summed E-state index contributed by atoms with van der Waals surface area (Å²) >= 11 is 3.16. The number of halogens is 1. The molecule has 3 rings (SSSR count). The van der Waals surface area contributed by atoms with E-state index >= 15 is 0 Å². The number of rotatable bonds is 2. The molecule has 2 aromatic rings. The van der Waals surface area contributed by atoms with Crippen molar-refractivity contribution in [1.29, 1.82) is 0 Å². The van der Waals surface area contributed by atoms with Crippen molar-refractivity contribution in [2.75, 3.05) is 13.1 Å². The van der Waals surface area contributed by atoms with Gasteiger partial charge in [0.25, 0.3) is 0 Å². The number of ether oxygens (including phenoxy) is 1. The molecule has 1 aliphatic rings. The van der Waals surface area contributed by atoms with Crippen LogP contribution in [0.4, 0.5) is 0 Å². The third kappa shape index (κ3) is 2.28. The predicted molar refractivity (Wildman–Crippen MR) is 72.1 cm³/mol. The number of benzene rings is 1. The fourth-order valence-corrected chi connectivity index (χ4v) is 2.39. The molecule has 1 fully saturated rings. The predicted octanol–water partition coefficient (Wildman–Crippen LogP) is 2.30. The van der Waals surface area contributed by atoms with Crippen molar-refractivity contribution < 1.29 is 9.15 Å². The van der Waals surface area contributed by atoms with Gasteiger partial charge in [0.2, 0.25) is 0 Å². The van der Waals surface area contributed by atoms with E-state index in [1.54, 1.807) is 12.1 Å². The van der Waals surface area contributed by atoms with Gasteiger partial charge in [-0.2, -0.15) is 0 Å². The molecule has 4 nitrogen and oxygen atoms in total. The zero-order valence-electron chi connectivity index (χ0n) is 9.61. The molecule has 18 heavy (non-hydrogen) atoms. The molecular weight excluding hydrogens is 298 g/mol. The Morgan fingerprint density at radius 1 is 1.39 bits per heavy atom. The van der Waals surface area contributed by atoms with Gasteiger partial charge in [-0.05, 0) is 47.1 Å². The molecule has 0 spiro atoms. The summed E-state index contributed by atoms with van der Waals surface area (Å²) in [5, 5.41) is 4.12. The van der Waals surface area contributed by atoms with Crippen LogP contribution >= 0.6 is 15.9 Å². The lowest BCUT2D eigenvalue weighted by Gasteiger charge is -2.12. The Bertz CT molecular complexity index is 632. The first-order valence-electron chi connectivity index (χ1n) is 5.83. The molecule has 1 aromatic heterocycles. The summed E-state index contributed by atoms with van der Waals surface area (Å²) in [6.07, 6.45) is 1.20. The van der Waals surface area contributed by atoms with Crippen molar-refractivity contribution in [2.45, 2.75) is 12.5 Å². The minimum absolute atomic E-state index is 0.199. The van der Waals surface area contributed by atoms with E-state index in [0.717, 1.165) is 30.6 Å². The maximum absolute atomic E-state index is 11.4. The van der Waals surface area contributed by atoms with Gasteiger partial charge in [0.1, 0.15) is 21.9 Å². The van der Waals surface area contributed by atoms with E-state index in [1.807, 2.05) is 12.1 Å². The molecule has 1 unspecified atom stereocenters. The van der Waals surface area contributed by atoms with E-state index in [-0.39, 0.29) is 11.7 Å². The van der Waals surface area contributed by atoms with E-state index in [4.69, 9.17) is 9.15 Å². The first-order valence-corrected chi connectivity index (χ1v) is 6.62. The lowest BCUT2D eigenvalue weighted by Crippen LogP contribution is -2.19. The molecule has 0 bridgehead atoms. The van der Waals surface area contributed by atoms with Crippen LogP contribution in [0.3, 0.4) is 0 Å². The average molecular weight is 310 g/mol. The fraction of sp³-hybridized carbons (Fsp3) is 0.308. The third-order valence-electron chi connectivity index (χ3n) is 2.98. The molecule has 1 aliphatic heterocycles. The average Bonchev–Trinajstić information content (AvgIpc) is 2.84. The van der Waals surface area contributed by atoms with Crippen molar-refractivity contribution in [2.24, 2.45) is 0 Å². The van der Waals surface area contributed by atoms with Gasteiger partial charge in [0.05, 0.1) is 0 Å². The third-order valence-corrected chi connectivity index (χ3v) is 3.54. The Morgan fingerprint density at radius 3 is 3.06 bits per heavy atom. The van der Waals surface area contributed by atoms with Crippen LogP contribution in [0, 0.1) is 0 Å². The van der Waals surface area contributed by atoms with Crippen LogP contribution < -0.4 is 15.7 Å². The van der Waals surface area contributed by atoms with Gasteiger partial charge in [-0.15, -0.1) is 0 Å². The van der Waals surface area contributed by atoms with E-state index in [2.05, 4.69) is 21.2 Å². The molecule has 0 aliphatic carbocycles. The topological polar surface area (TPSA) is 51.5 Å². The molecule has 0 amide bonds. The van der Waals surface area contributed by atoms with Gasteiger partial charge in [0, 0.05) is 18.0 Å². The second kappa shape index (κ2) is 4.74. The minimum atomic E-state index is -0.373. The molecule has 2 heterocycles. The van der Waals surface area contributed by atoms with Crippen LogP contribution in [0.25, 0.3) is 11.0 Å². The molecule has 1 aromatic carbocycles. The SMILES string of the molecule is O=c1oc2cc(OC3CCNC3)ccc2cc1Br. The fourth-order valence-electron chi connectivity index (χ4n) is 2.06.